The van der Waals surface area contributed by atoms with E-state index in [2.05, 4.69) is 31.8 Å². The molecule has 0 aliphatic heterocycles. The highest BCUT2D eigenvalue weighted by Crippen LogP contribution is 2.36. The normalized spacial score (nSPS) is 10.6. The first-order valence-corrected chi connectivity index (χ1v) is 11.3. The van der Waals surface area contributed by atoms with Crippen molar-refractivity contribution in [1.29, 1.82) is 0 Å². The zero-order valence-corrected chi connectivity index (χ0v) is 20.2. The van der Waals surface area contributed by atoms with Crippen LogP contribution >= 0.6 is 27.5 Å². The number of para-hydroxylation sites is 1. The van der Waals surface area contributed by atoms with E-state index in [-0.39, 0.29) is 6.61 Å². The van der Waals surface area contributed by atoms with Gasteiger partial charge in [-0.05, 0) is 61.0 Å². The molecule has 3 aromatic carbocycles. The molecule has 2 N–H and O–H groups in total. The SMILES string of the molecule is CCOc1cc(/C=N\NC(=O)Nc2ccccc2)cc(Cl)c1OCCOc1ccc(Br)cc1. The molecular weight excluding hydrogens is 510 g/mol. The molecule has 3 rings (SSSR count). The van der Waals surface area contributed by atoms with Crippen molar-refractivity contribution in [2.75, 3.05) is 25.1 Å². The molecule has 0 heterocycles. The average molecular weight is 533 g/mol. The van der Waals surface area contributed by atoms with Crippen molar-refractivity contribution in [3.63, 3.8) is 0 Å². The van der Waals surface area contributed by atoms with Gasteiger partial charge in [0.05, 0.1) is 17.8 Å². The van der Waals surface area contributed by atoms with Crippen molar-refractivity contribution in [3.8, 4) is 17.2 Å². The van der Waals surface area contributed by atoms with E-state index >= 15 is 0 Å². The van der Waals surface area contributed by atoms with Gasteiger partial charge in [0.1, 0.15) is 19.0 Å². The lowest BCUT2D eigenvalue weighted by Gasteiger charge is -2.15. The van der Waals surface area contributed by atoms with Crippen molar-refractivity contribution in [3.05, 3.63) is 81.8 Å². The van der Waals surface area contributed by atoms with Gasteiger partial charge in [-0.1, -0.05) is 45.7 Å². The van der Waals surface area contributed by atoms with E-state index in [0.29, 0.717) is 41.0 Å². The van der Waals surface area contributed by atoms with Crippen LogP contribution in [0.1, 0.15) is 12.5 Å². The number of carbonyl (C=O) groups excluding carboxylic acids is 1. The Morgan fingerprint density at radius 3 is 2.48 bits per heavy atom. The first kappa shape index (κ1) is 24.4. The van der Waals surface area contributed by atoms with E-state index in [4.69, 9.17) is 25.8 Å². The van der Waals surface area contributed by atoms with Crippen molar-refractivity contribution in [1.82, 2.24) is 5.43 Å². The Kier molecular flexibility index (Phi) is 9.41. The fraction of sp³-hybridized carbons (Fsp3) is 0.167. The van der Waals surface area contributed by atoms with Gasteiger partial charge >= 0.3 is 6.03 Å². The quantitative estimate of drug-likeness (QED) is 0.187. The van der Waals surface area contributed by atoms with E-state index in [1.807, 2.05) is 49.4 Å². The lowest BCUT2D eigenvalue weighted by Crippen LogP contribution is -2.24. The second kappa shape index (κ2) is 12.7. The van der Waals surface area contributed by atoms with Crippen LogP contribution in [0.5, 0.6) is 17.2 Å². The van der Waals surface area contributed by atoms with Gasteiger partial charge < -0.3 is 19.5 Å². The maximum atomic E-state index is 11.9. The van der Waals surface area contributed by atoms with Crippen LogP contribution < -0.4 is 25.0 Å². The molecule has 7 nitrogen and oxygen atoms in total. The van der Waals surface area contributed by atoms with Gasteiger partial charge in [0.2, 0.25) is 0 Å². The van der Waals surface area contributed by atoms with Gasteiger partial charge in [-0.25, -0.2) is 10.2 Å². The third kappa shape index (κ3) is 8.00. The van der Waals surface area contributed by atoms with Crippen molar-refractivity contribution >= 4 is 45.5 Å². The molecule has 9 heteroatoms. The second-order valence-electron chi connectivity index (χ2n) is 6.60. The number of halogens is 2. The number of hydrazone groups is 1. The number of nitrogens with one attached hydrogen (secondary N) is 2. The summed E-state index contributed by atoms with van der Waals surface area (Å²) in [5.74, 6) is 1.64. The zero-order chi connectivity index (χ0) is 23.5. The molecule has 3 aromatic rings. The van der Waals surface area contributed by atoms with Crippen LogP contribution in [0.3, 0.4) is 0 Å². The third-order valence-corrected chi connectivity index (χ3v) is 4.96. The van der Waals surface area contributed by atoms with Gasteiger partial charge in [0.15, 0.2) is 11.5 Å². The number of anilines is 1. The van der Waals surface area contributed by atoms with Crippen LogP contribution in [-0.2, 0) is 0 Å². The summed E-state index contributed by atoms with van der Waals surface area (Å²) >= 11 is 9.81. The number of hydrogen-bond acceptors (Lipinski definition) is 5. The molecule has 0 fully saturated rings. The second-order valence-corrected chi connectivity index (χ2v) is 7.93. The molecule has 0 unspecified atom stereocenters. The molecule has 0 atom stereocenters. The number of nitrogens with zero attached hydrogens (tertiary/aromatic N) is 1. The monoisotopic (exact) mass is 531 g/mol. The maximum Gasteiger partial charge on any atom is 0.339 e. The Bertz CT molecular complexity index is 1080. The summed E-state index contributed by atoms with van der Waals surface area (Å²) in [4.78, 5) is 11.9. The van der Waals surface area contributed by atoms with Crippen LogP contribution in [0.2, 0.25) is 5.02 Å². The highest BCUT2D eigenvalue weighted by molar-refractivity contribution is 9.10. The number of ether oxygens (including phenoxy) is 3. The van der Waals surface area contributed by atoms with Crippen molar-refractivity contribution < 1.29 is 19.0 Å². The van der Waals surface area contributed by atoms with Crippen LogP contribution in [-0.4, -0.2) is 32.1 Å². The number of hydrogen-bond donors (Lipinski definition) is 2. The highest BCUT2D eigenvalue weighted by Gasteiger charge is 2.12. The summed E-state index contributed by atoms with van der Waals surface area (Å²) in [6.45, 7) is 2.92. The van der Waals surface area contributed by atoms with Gasteiger partial charge in [0.25, 0.3) is 0 Å². The van der Waals surface area contributed by atoms with Gasteiger partial charge in [-0.15, -0.1) is 0 Å². The first-order valence-electron chi connectivity index (χ1n) is 10.2. The van der Waals surface area contributed by atoms with E-state index in [1.165, 1.54) is 6.21 Å². The topological polar surface area (TPSA) is 81.2 Å². The van der Waals surface area contributed by atoms with Crippen LogP contribution in [0.4, 0.5) is 10.5 Å². The van der Waals surface area contributed by atoms with E-state index in [0.717, 1.165) is 10.2 Å². The fourth-order valence-corrected chi connectivity index (χ4v) is 3.28. The largest absolute Gasteiger partial charge is 0.490 e. The molecule has 0 bridgehead atoms. The molecule has 0 radical (unpaired) electrons. The Labute approximate surface area is 205 Å². The smallest absolute Gasteiger partial charge is 0.339 e. The van der Waals surface area contributed by atoms with Crippen molar-refractivity contribution in [2.45, 2.75) is 6.92 Å². The summed E-state index contributed by atoms with van der Waals surface area (Å²) in [6, 6.07) is 19.6. The van der Waals surface area contributed by atoms with E-state index in [9.17, 15) is 4.79 Å². The predicted molar refractivity (Wildman–Crippen MR) is 134 cm³/mol. The third-order valence-electron chi connectivity index (χ3n) is 4.16. The molecule has 0 aliphatic carbocycles. The Hall–Kier alpha value is -3.23. The van der Waals surface area contributed by atoms with E-state index in [1.54, 1.807) is 24.3 Å². The molecule has 0 spiro atoms. The number of rotatable bonds is 10. The minimum atomic E-state index is -0.459. The lowest BCUT2D eigenvalue weighted by molar-refractivity contribution is 0.208. The summed E-state index contributed by atoms with van der Waals surface area (Å²) in [5, 5.41) is 7.00. The number of amides is 2. The van der Waals surface area contributed by atoms with Gasteiger partial charge in [0, 0.05) is 10.2 Å². The summed E-state index contributed by atoms with van der Waals surface area (Å²) < 4.78 is 18.1. The van der Waals surface area contributed by atoms with Crippen LogP contribution in [0.15, 0.2) is 76.3 Å². The molecule has 0 saturated carbocycles. The minimum absolute atomic E-state index is 0.282. The number of carbonyl (C=O) groups is 1. The van der Waals surface area contributed by atoms with Gasteiger partial charge in [-0.2, -0.15) is 5.10 Å². The van der Waals surface area contributed by atoms with Crippen LogP contribution in [0.25, 0.3) is 0 Å². The molecule has 0 aromatic heterocycles. The number of benzene rings is 3. The standard InChI is InChI=1S/C24H23BrClN3O4/c1-2-31-22-15-17(16-27-29-24(30)28-19-6-4-3-5-7-19)14-21(26)23(22)33-13-12-32-20-10-8-18(25)9-11-20/h3-11,14-16H,2,12-13H2,1H3,(H2,28,29,30)/b27-16-. The summed E-state index contributed by atoms with van der Waals surface area (Å²) in [6.07, 6.45) is 1.47. The molecular formula is C24H23BrClN3O4. The minimum Gasteiger partial charge on any atom is -0.490 e. The average Bonchev–Trinajstić information content (AvgIpc) is 2.80. The zero-order valence-electron chi connectivity index (χ0n) is 17.9. The molecule has 0 aliphatic rings. The highest BCUT2D eigenvalue weighted by atomic mass is 79.9. The van der Waals surface area contributed by atoms with E-state index < -0.39 is 6.03 Å². The lowest BCUT2D eigenvalue weighted by atomic mass is 10.2. The Morgan fingerprint density at radius 2 is 1.76 bits per heavy atom. The predicted octanol–water partition coefficient (Wildman–Crippen LogP) is 6.11. The molecule has 2 amide bonds. The maximum absolute atomic E-state index is 11.9. The number of urea groups is 1. The van der Waals surface area contributed by atoms with Crippen LogP contribution in [0, 0.1) is 0 Å². The molecule has 172 valence electrons. The fourth-order valence-electron chi connectivity index (χ4n) is 2.75. The Balaban J connectivity index is 1.57. The molecule has 33 heavy (non-hydrogen) atoms. The summed E-state index contributed by atoms with van der Waals surface area (Å²) in [5.41, 5.74) is 3.72. The summed E-state index contributed by atoms with van der Waals surface area (Å²) in [7, 11) is 0. The molecule has 0 saturated heterocycles. The Morgan fingerprint density at radius 1 is 1.03 bits per heavy atom. The first-order chi connectivity index (χ1) is 16.0. The van der Waals surface area contributed by atoms with Gasteiger partial charge in [-0.3, -0.25) is 0 Å². The van der Waals surface area contributed by atoms with Crippen molar-refractivity contribution in [2.24, 2.45) is 5.10 Å².